The van der Waals surface area contributed by atoms with Gasteiger partial charge in [0.2, 0.25) is 12.2 Å². The second kappa shape index (κ2) is 19.1. The molecule has 4 aromatic carbocycles. The Labute approximate surface area is 339 Å². The zero-order valence-electron chi connectivity index (χ0n) is 30.3. The van der Waals surface area contributed by atoms with E-state index in [0.29, 0.717) is 0 Å². The first kappa shape index (κ1) is 41.2. The standard InChI is InChI=1S/C42H40Cl3NO10/c1-26(47)20-21-35(48)54-38-37(51-23-28-14-6-3-7-15-28)36(34(25-50-22-27-12-4-2-5-13-27)53-39(38)56-40(46)42(43,44)45)55-41(49)52-24-33-31-18-10-8-16-29(31)30-17-9-11-19-32(30)33/h2-19,33-34,36-39,46H,20-25H2,1H3/t34-,36-,37+,38-,39-/m1/s1. The number of ketones is 1. The van der Waals surface area contributed by atoms with E-state index in [9.17, 15) is 14.4 Å². The van der Waals surface area contributed by atoms with E-state index >= 15 is 0 Å². The minimum atomic E-state index is -2.32. The highest BCUT2D eigenvalue weighted by molar-refractivity contribution is 6.76. The van der Waals surface area contributed by atoms with Gasteiger partial charge in [0.05, 0.1) is 26.2 Å². The molecule has 6 rings (SSSR count). The van der Waals surface area contributed by atoms with Crippen LogP contribution in [0.3, 0.4) is 0 Å². The molecule has 0 bridgehead atoms. The van der Waals surface area contributed by atoms with Gasteiger partial charge in [-0.25, -0.2) is 4.79 Å². The smallest absolute Gasteiger partial charge is 0.453 e. The van der Waals surface area contributed by atoms with Crippen LogP contribution in [0, 0.1) is 5.41 Å². The van der Waals surface area contributed by atoms with E-state index in [-0.39, 0.29) is 51.0 Å². The lowest BCUT2D eigenvalue weighted by molar-refractivity contribution is -0.298. The summed E-state index contributed by atoms with van der Waals surface area (Å²) in [6, 6.07) is 34.3. The average Bonchev–Trinajstić information content (AvgIpc) is 3.51. The number of fused-ring (bicyclic) bond motifs is 3. The van der Waals surface area contributed by atoms with Gasteiger partial charge in [0.25, 0.3) is 3.79 Å². The molecule has 14 heteroatoms. The Hall–Kier alpha value is -4.49. The van der Waals surface area contributed by atoms with E-state index in [1.54, 1.807) is 0 Å². The number of ether oxygens (including phenoxy) is 7. The number of Topliss-reactive ketones (excluding diaryl/α,β-unsaturated/α-hetero) is 1. The fourth-order valence-electron chi connectivity index (χ4n) is 6.61. The van der Waals surface area contributed by atoms with E-state index < -0.39 is 52.5 Å². The summed E-state index contributed by atoms with van der Waals surface area (Å²) in [4.78, 5) is 38.8. The van der Waals surface area contributed by atoms with Gasteiger partial charge >= 0.3 is 12.1 Å². The van der Waals surface area contributed by atoms with Crippen LogP contribution in [0.25, 0.3) is 11.1 Å². The van der Waals surface area contributed by atoms with Crippen LogP contribution in [0.1, 0.15) is 47.9 Å². The van der Waals surface area contributed by atoms with Gasteiger partial charge in [-0.3, -0.25) is 10.2 Å². The second-order valence-corrected chi connectivity index (χ2v) is 15.6. The normalized spacial score (nSPS) is 20.3. The summed E-state index contributed by atoms with van der Waals surface area (Å²) in [6.45, 7) is 1.24. The summed E-state index contributed by atoms with van der Waals surface area (Å²) >= 11 is 18.0. The highest BCUT2D eigenvalue weighted by Gasteiger charge is 2.53. The number of esters is 1. The van der Waals surface area contributed by atoms with Crippen LogP contribution in [0.5, 0.6) is 0 Å². The molecule has 1 aliphatic carbocycles. The molecule has 11 nitrogen and oxygen atoms in total. The Morgan fingerprint density at radius 3 is 1.84 bits per heavy atom. The summed E-state index contributed by atoms with van der Waals surface area (Å²) in [5, 5.41) is 8.35. The van der Waals surface area contributed by atoms with Gasteiger partial charge in [0.1, 0.15) is 24.6 Å². The Morgan fingerprint density at radius 1 is 0.679 bits per heavy atom. The molecule has 0 spiro atoms. The lowest BCUT2D eigenvalue weighted by Gasteiger charge is -2.44. The molecule has 0 saturated carbocycles. The summed E-state index contributed by atoms with van der Waals surface area (Å²) in [5.74, 6) is -2.14. The van der Waals surface area contributed by atoms with Crippen LogP contribution in [0.15, 0.2) is 109 Å². The van der Waals surface area contributed by atoms with E-state index in [4.69, 9.17) is 73.4 Å². The fourth-order valence-corrected chi connectivity index (χ4v) is 6.74. The molecule has 0 radical (unpaired) electrons. The largest absolute Gasteiger partial charge is 0.508 e. The Kier molecular flexibility index (Phi) is 14.0. The van der Waals surface area contributed by atoms with Crippen LogP contribution in [-0.4, -0.2) is 71.5 Å². The van der Waals surface area contributed by atoms with Crippen molar-refractivity contribution in [1.82, 2.24) is 0 Å². The zero-order valence-corrected chi connectivity index (χ0v) is 32.6. The molecular weight excluding hydrogens is 785 g/mol. The molecule has 5 atom stereocenters. The topological polar surface area (TPSA) is 140 Å². The molecular formula is C42H40Cl3NO10. The molecule has 2 aliphatic rings. The maximum Gasteiger partial charge on any atom is 0.508 e. The van der Waals surface area contributed by atoms with Crippen molar-refractivity contribution in [3.05, 3.63) is 131 Å². The number of carbonyl (C=O) groups excluding carboxylic acids is 3. The Morgan fingerprint density at radius 2 is 1.25 bits per heavy atom. The first-order valence-corrected chi connectivity index (χ1v) is 19.1. The van der Waals surface area contributed by atoms with Gasteiger partial charge in [-0.2, -0.15) is 0 Å². The van der Waals surface area contributed by atoms with Crippen LogP contribution in [-0.2, 0) is 56.0 Å². The number of benzene rings is 4. The number of halogens is 3. The monoisotopic (exact) mass is 823 g/mol. The van der Waals surface area contributed by atoms with Gasteiger partial charge in [0.15, 0.2) is 12.2 Å². The summed E-state index contributed by atoms with van der Waals surface area (Å²) in [7, 11) is 0. The number of carbonyl (C=O) groups is 3. The summed E-state index contributed by atoms with van der Waals surface area (Å²) in [6.07, 6.45) is -8.37. The van der Waals surface area contributed by atoms with E-state index in [1.165, 1.54) is 6.92 Å². The number of rotatable bonds is 15. The van der Waals surface area contributed by atoms with E-state index in [2.05, 4.69) is 0 Å². The number of hydrogen-bond acceptors (Lipinski definition) is 11. The van der Waals surface area contributed by atoms with Crippen molar-refractivity contribution in [2.45, 2.75) is 73.4 Å². The third-order valence-electron chi connectivity index (χ3n) is 9.27. The highest BCUT2D eigenvalue weighted by Crippen LogP contribution is 2.44. The molecule has 1 saturated heterocycles. The lowest BCUT2D eigenvalue weighted by atomic mass is 9.98. The van der Waals surface area contributed by atoms with Gasteiger partial charge in [-0.1, -0.05) is 144 Å². The average molecular weight is 825 g/mol. The SMILES string of the molecule is CC(=O)CCC(=O)O[C@H]1[C@@H](OC(=N)C(Cl)(Cl)Cl)O[C@H](COCc2ccccc2)[C@@H](OC(=O)OCC2c3ccccc3-c3ccccc32)[C@@H]1OCc1ccccc1. The third-order valence-corrected chi connectivity index (χ3v) is 9.79. The zero-order chi connectivity index (χ0) is 39.7. The first-order valence-electron chi connectivity index (χ1n) is 17.9. The predicted molar refractivity (Wildman–Crippen MR) is 209 cm³/mol. The summed E-state index contributed by atoms with van der Waals surface area (Å²) < 4.78 is 39.9. The molecule has 1 N–H and O–H groups in total. The number of alkyl halides is 3. The van der Waals surface area contributed by atoms with E-state index in [0.717, 1.165) is 33.4 Å². The molecule has 1 aliphatic heterocycles. The molecule has 1 heterocycles. The van der Waals surface area contributed by atoms with Crippen molar-refractivity contribution in [3.8, 4) is 11.1 Å². The van der Waals surface area contributed by atoms with Gasteiger partial charge < -0.3 is 38.0 Å². The maximum absolute atomic E-state index is 13.8. The van der Waals surface area contributed by atoms with Crippen LogP contribution in [0.2, 0.25) is 0 Å². The first-order chi connectivity index (χ1) is 27.0. The van der Waals surface area contributed by atoms with Crippen molar-refractivity contribution in [2.75, 3.05) is 13.2 Å². The van der Waals surface area contributed by atoms with Gasteiger partial charge in [-0.15, -0.1) is 0 Å². The van der Waals surface area contributed by atoms with Crippen molar-refractivity contribution in [2.24, 2.45) is 0 Å². The van der Waals surface area contributed by atoms with Gasteiger partial charge in [-0.05, 0) is 40.3 Å². The maximum atomic E-state index is 13.8. The quantitative estimate of drug-likeness (QED) is 0.0537. The molecule has 294 valence electrons. The predicted octanol–water partition coefficient (Wildman–Crippen LogP) is 8.49. The van der Waals surface area contributed by atoms with Crippen LogP contribution >= 0.6 is 34.8 Å². The Bertz CT molecular complexity index is 1930. The lowest BCUT2D eigenvalue weighted by Crippen LogP contribution is -2.63. The highest BCUT2D eigenvalue weighted by atomic mass is 35.6. The van der Waals surface area contributed by atoms with Crippen molar-refractivity contribution in [1.29, 1.82) is 5.41 Å². The number of hydrogen-bond donors (Lipinski definition) is 1. The van der Waals surface area contributed by atoms with E-state index in [1.807, 2.05) is 109 Å². The summed E-state index contributed by atoms with van der Waals surface area (Å²) in [5.41, 5.74) is 5.72. The van der Waals surface area contributed by atoms with Crippen LogP contribution < -0.4 is 0 Å². The minimum absolute atomic E-state index is 0.0379. The van der Waals surface area contributed by atoms with Crippen molar-refractivity contribution >= 4 is 58.6 Å². The van der Waals surface area contributed by atoms with Gasteiger partial charge in [0, 0.05) is 12.3 Å². The van der Waals surface area contributed by atoms with Crippen LogP contribution in [0.4, 0.5) is 4.79 Å². The number of nitrogens with one attached hydrogen (secondary N) is 1. The molecule has 0 amide bonds. The molecule has 0 aromatic heterocycles. The molecule has 0 unspecified atom stereocenters. The molecule has 56 heavy (non-hydrogen) atoms. The molecule has 4 aromatic rings. The minimum Gasteiger partial charge on any atom is -0.453 e. The molecule has 1 fully saturated rings. The Balaban J connectivity index is 1.30. The third kappa shape index (κ3) is 10.7. The van der Waals surface area contributed by atoms with Crippen molar-refractivity contribution < 1.29 is 47.5 Å². The van der Waals surface area contributed by atoms with Crippen molar-refractivity contribution in [3.63, 3.8) is 0 Å². The second-order valence-electron chi connectivity index (χ2n) is 13.3. The fraction of sp³-hybridized carbons (Fsp3) is 0.333.